The Morgan fingerprint density at radius 2 is 1.75 bits per heavy atom. The fourth-order valence-electron chi connectivity index (χ4n) is 2.93. The predicted molar refractivity (Wildman–Crippen MR) is 112 cm³/mol. The van der Waals surface area contributed by atoms with Gasteiger partial charge in [0, 0.05) is 13.0 Å². The Balaban J connectivity index is 1.99. The Morgan fingerprint density at radius 1 is 1.11 bits per heavy atom. The lowest BCUT2D eigenvalue weighted by molar-refractivity contribution is -0.121. The highest BCUT2D eigenvalue weighted by Crippen LogP contribution is 2.30. The SMILES string of the molecule is CCOc1ccccc1N(CCCC(=O)N[C@H](C)c1ccccc1)S(C)(=O)=O. The van der Waals surface area contributed by atoms with Crippen LogP contribution in [0.3, 0.4) is 0 Å². The van der Waals surface area contributed by atoms with E-state index in [1.807, 2.05) is 44.2 Å². The van der Waals surface area contributed by atoms with Crippen molar-refractivity contribution in [2.24, 2.45) is 0 Å². The van der Waals surface area contributed by atoms with Crippen molar-refractivity contribution in [1.29, 1.82) is 0 Å². The van der Waals surface area contributed by atoms with Gasteiger partial charge >= 0.3 is 0 Å². The van der Waals surface area contributed by atoms with Crippen LogP contribution in [0.4, 0.5) is 5.69 Å². The summed E-state index contributed by atoms with van der Waals surface area (Å²) in [5.74, 6) is 0.403. The quantitative estimate of drug-likeness (QED) is 0.657. The second-order valence-corrected chi connectivity index (χ2v) is 8.45. The monoisotopic (exact) mass is 404 g/mol. The van der Waals surface area contributed by atoms with Crippen molar-refractivity contribution >= 4 is 21.6 Å². The van der Waals surface area contributed by atoms with Crippen molar-refractivity contribution in [3.63, 3.8) is 0 Å². The first kappa shape index (κ1) is 21.8. The summed E-state index contributed by atoms with van der Waals surface area (Å²) in [4.78, 5) is 12.3. The third-order valence-electron chi connectivity index (χ3n) is 4.28. The Labute approximate surface area is 167 Å². The van der Waals surface area contributed by atoms with Gasteiger partial charge < -0.3 is 10.1 Å². The lowest BCUT2D eigenvalue weighted by atomic mass is 10.1. The highest BCUT2D eigenvalue weighted by Gasteiger charge is 2.21. The summed E-state index contributed by atoms with van der Waals surface area (Å²) >= 11 is 0. The molecule has 0 saturated carbocycles. The second-order valence-electron chi connectivity index (χ2n) is 6.54. The Kier molecular flexibility index (Phi) is 7.87. The molecule has 7 heteroatoms. The molecule has 0 radical (unpaired) electrons. The normalized spacial score (nSPS) is 12.2. The summed E-state index contributed by atoms with van der Waals surface area (Å²) < 4.78 is 31.4. The molecule has 152 valence electrons. The van der Waals surface area contributed by atoms with Crippen LogP contribution in [-0.4, -0.2) is 33.7 Å². The van der Waals surface area contributed by atoms with E-state index in [-0.39, 0.29) is 24.9 Å². The van der Waals surface area contributed by atoms with Gasteiger partial charge in [-0.15, -0.1) is 0 Å². The third-order valence-corrected chi connectivity index (χ3v) is 5.46. The zero-order valence-corrected chi connectivity index (χ0v) is 17.4. The maximum atomic E-state index is 12.3. The van der Waals surface area contributed by atoms with Gasteiger partial charge in [-0.3, -0.25) is 9.10 Å². The van der Waals surface area contributed by atoms with Crippen LogP contribution in [0, 0.1) is 0 Å². The van der Waals surface area contributed by atoms with E-state index in [0.29, 0.717) is 24.5 Å². The molecule has 2 aromatic carbocycles. The van der Waals surface area contributed by atoms with E-state index < -0.39 is 10.0 Å². The summed E-state index contributed by atoms with van der Waals surface area (Å²) in [5.41, 5.74) is 1.52. The maximum absolute atomic E-state index is 12.3. The van der Waals surface area contributed by atoms with E-state index in [4.69, 9.17) is 4.74 Å². The van der Waals surface area contributed by atoms with Crippen LogP contribution in [0.5, 0.6) is 5.75 Å². The van der Waals surface area contributed by atoms with Crippen LogP contribution in [0.2, 0.25) is 0 Å². The van der Waals surface area contributed by atoms with E-state index >= 15 is 0 Å². The van der Waals surface area contributed by atoms with E-state index in [1.165, 1.54) is 4.31 Å². The first-order valence-electron chi connectivity index (χ1n) is 9.36. The Morgan fingerprint density at radius 3 is 2.39 bits per heavy atom. The minimum atomic E-state index is -3.50. The van der Waals surface area contributed by atoms with Crippen LogP contribution in [0.1, 0.15) is 38.3 Å². The largest absolute Gasteiger partial charge is 0.492 e. The minimum absolute atomic E-state index is 0.0987. The fraction of sp³-hybridized carbons (Fsp3) is 0.381. The molecule has 2 rings (SSSR count). The number of amides is 1. The number of hydrogen-bond donors (Lipinski definition) is 1. The highest BCUT2D eigenvalue weighted by atomic mass is 32.2. The van der Waals surface area contributed by atoms with Crippen molar-refractivity contribution in [2.75, 3.05) is 23.7 Å². The number of rotatable bonds is 10. The fourth-order valence-corrected chi connectivity index (χ4v) is 3.90. The molecule has 1 atom stereocenters. The van der Waals surface area contributed by atoms with Gasteiger partial charge in [-0.1, -0.05) is 42.5 Å². The van der Waals surface area contributed by atoms with Gasteiger partial charge in [0.25, 0.3) is 0 Å². The molecule has 1 amide bonds. The average molecular weight is 405 g/mol. The zero-order chi connectivity index (χ0) is 20.6. The molecule has 0 saturated heterocycles. The first-order valence-corrected chi connectivity index (χ1v) is 11.2. The molecule has 0 fully saturated rings. The van der Waals surface area contributed by atoms with Gasteiger partial charge in [-0.25, -0.2) is 8.42 Å². The molecule has 6 nitrogen and oxygen atoms in total. The number of anilines is 1. The molecule has 28 heavy (non-hydrogen) atoms. The summed E-state index contributed by atoms with van der Waals surface area (Å²) in [6.45, 7) is 4.42. The van der Waals surface area contributed by atoms with Gasteiger partial charge in [0.1, 0.15) is 5.75 Å². The van der Waals surface area contributed by atoms with E-state index in [2.05, 4.69) is 5.32 Å². The van der Waals surface area contributed by atoms with Crippen molar-refractivity contribution in [2.45, 2.75) is 32.7 Å². The molecule has 0 bridgehead atoms. The molecule has 0 aromatic heterocycles. The molecule has 0 unspecified atom stereocenters. The van der Waals surface area contributed by atoms with Gasteiger partial charge in [0.2, 0.25) is 15.9 Å². The van der Waals surface area contributed by atoms with Crippen LogP contribution in [0.25, 0.3) is 0 Å². The van der Waals surface area contributed by atoms with Crippen LogP contribution < -0.4 is 14.4 Å². The summed E-state index contributed by atoms with van der Waals surface area (Å²) in [5, 5.41) is 2.95. The molecule has 0 spiro atoms. The molecule has 2 aromatic rings. The number of carbonyl (C=O) groups excluding carboxylic acids is 1. The van der Waals surface area contributed by atoms with E-state index in [9.17, 15) is 13.2 Å². The van der Waals surface area contributed by atoms with Crippen molar-refractivity contribution in [3.8, 4) is 5.75 Å². The molecule has 0 aliphatic heterocycles. The summed E-state index contributed by atoms with van der Waals surface area (Å²) in [6.07, 6.45) is 1.80. The maximum Gasteiger partial charge on any atom is 0.232 e. The summed E-state index contributed by atoms with van der Waals surface area (Å²) in [6, 6.07) is 16.6. The number of hydrogen-bond acceptors (Lipinski definition) is 4. The molecular formula is C21H28N2O4S. The average Bonchev–Trinajstić information content (AvgIpc) is 2.66. The first-order chi connectivity index (χ1) is 13.3. The lowest BCUT2D eigenvalue weighted by Crippen LogP contribution is -2.33. The third kappa shape index (κ3) is 6.27. The van der Waals surface area contributed by atoms with Crippen LogP contribution >= 0.6 is 0 Å². The standard InChI is InChI=1S/C21H28N2O4S/c1-4-27-20-14-9-8-13-19(20)23(28(3,25)26)16-10-15-21(24)22-17(2)18-11-6-5-7-12-18/h5-9,11-14,17H,4,10,15-16H2,1-3H3,(H,22,24)/t17-/m1/s1. The Bertz CT molecular complexity index is 869. The van der Waals surface area contributed by atoms with Crippen LogP contribution in [0.15, 0.2) is 54.6 Å². The zero-order valence-electron chi connectivity index (χ0n) is 16.6. The molecule has 0 aliphatic rings. The number of para-hydroxylation sites is 2. The van der Waals surface area contributed by atoms with Gasteiger partial charge in [0.05, 0.1) is 24.6 Å². The van der Waals surface area contributed by atoms with Crippen molar-refractivity contribution < 1.29 is 17.9 Å². The number of nitrogens with one attached hydrogen (secondary N) is 1. The highest BCUT2D eigenvalue weighted by molar-refractivity contribution is 7.92. The van der Waals surface area contributed by atoms with E-state index in [0.717, 1.165) is 11.8 Å². The number of carbonyl (C=O) groups is 1. The van der Waals surface area contributed by atoms with Crippen molar-refractivity contribution in [3.05, 3.63) is 60.2 Å². The molecule has 0 heterocycles. The predicted octanol–water partition coefficient (Wildman–Crippen LogP) is 3.51. The second kappa shape index (κ2) is 10.1. The number of benzene rings is 2. The number of sulfonamides is 1. The lowest BCUT2D eigenvalue weighted by Gasteiger charge is -2.24. The topological polar surface area (TPSA) is 75.7 Å². The number of ether oxygens (including phenoxy) is 1. The van der Waals surface area contributed by atoms with Crippen LogP contribution in [-0.2, 0) is 14.8 Å². The van der Waals surface area contributed by atoms with Gasteiger partial charge in [-0.2, -0.15) is 0 Å². The smallest absolute Gasteiger partial charge is 0.232 e. The molecule has 0 aliphatic carbocycles. The Hall–Kier alpha value is -2.54. The van der Waals surface area contributed by atoms with Gasteiger partial charge in [-0.05, 0) is 38.0 Å². The van der Waals surface area contributed by atoms with Crippen molar-refractivity contribution in [1.82, 2.24) is 5.32 Å². The molecular weight excluding hydrogens is 376 g/mol. The summed E-state index contributed by atoms with van der Waals surface area (Å²) in [7, 11) is -3.50. The van der Waals surface area contributed by atoms with Gasteiger partial charge in [0.15, 0.2) is 0 Å². The molecule has 1 N–H and O–H groups in total. The minimum Gasteiger partial charge on any atom is -0.492 e. The number of nitrogens with zero attached hydrogens (tertiary/aromatic N) is 1. The van der Waals surface area contributed by atoms with E-state index in [1.54, 1.807) is 24.3 Å².